The zero-order valence-corrected chi connectivity index (χ0v) is 11.0. The van der Waals surface area contributed by atoms with E-state index in [1.54, 1.807) is 43.3 Å². The predicted octanol–water partition coefficient (Wildman–Crippen LogP) is 2.57. The molecule has 2 aromatic rings. The molecule has 0 aliphatic heterocycles. The first-order valence-corrected chi connectivity index (χ1v) is 6.17. The predicted molar refractivity (Wildman–Crippen MR) is 73.9 cm³/mol. The lowest BCUT2D eigenvalue weighted by Gasteiger charge is -2.08. The molecule has 0 saturated carbocycles. The van der Waals surface area contributed by atoms with Gasteiger partial charge >= 0.3 is 0 Å². The van der Waals surface area contributed by atoms with Crippen molar-refractivity contribution < 1.29 is 14.3 Å². The summed E-state index contributed by atoms with van der Waals surface area (Å²) in [6.45, 7) is 1.78. The van der Waals surface area contributed by atoms with Gasteiger partial charge in [-0.3, -0.25) is 9.59 Å². The molecule has 5 heteroatoms. The van der Waals surface area contributed by atoms with Crippen LogP contribution in [-0.4, -0.2) is 16.7 Å². The van der Waals surface area contributed by atoms with Gasteiger partial charge in [-0.2, -0.15) is 0 Å². The Hall–Kier alpha value is -2.69. The van der Waals surface area contributed by atoms with Gasteiger partial charge in [0.1, 0.15) is 17.2 Å². The van der Waals surface area contributed by atoms with E-state index >= 15 is 0 Å². The highest BCUT2D eigenvalue weighted by molar-refractivity contribution is 5.95. The number of nitrogens with two attached hydrogens (primary N) is 1. The molecule has 0 fully saturated rings. The first kappa shape index (κ1) is 13.7. The number of primary amides is 1. The van der Waals surface area contributed by atoms with Gasteiger partial charge in [0, 0.05) is 6.42 Å². The third-order valence-corrected chi connectivity index (χ3v) is 2.72. The molecule has 1 amide bonds. The Morgan fingerprint density at radius 3 is 2.55 bits per heavy atom. The molecule has 0 atom stereocenters. The van der Waals surface area contributed by atoms with E-state index in [2.05, 4.69) is 4.98 Å². The minimum Gasteiger partial charge on any atom is -0.455 e. The fourth-order valence-corrected chi connectivity index (χ4v) is 1.67. The fourth-order valence-electron chi connectivity index (χ4n) is 1.67. The molecular weight excluding hydrogens is 256 g/mol. The van der Waals surface area contributed by atoms with Crippen LogP contribution in [0.4, 0.5) is 0 Å². The van der Waals surface area contributed by atoms with Gasteiger partial charge in [0.25, 0.3) is 5.91 Å². The van der Waals surface area contributed by atoms with Crippen molar-refractivity contribution in [3.63, 3.8) is 0 Å². The summed E-state index contributed by atoms with van der Waals surface area (Å²) in [5.74, 6) is 0.197. The van der Waals surface area contributed by atoms with Crippen LogP contribution in [0.5, 0.6) is 11.5 Å². The molecule has 0 aliphatic rings. The molecule has 5 nitrogen and oxygen atoms in total. The SMILES string of the molecule is CCC(=O)c1ccc(Oc2ccccc2C(N)=O)cn1. The summed E-state index contributed by atoms with van der Waals surface area (Å²) in [5.41, 5.74) is 5.96. The average molecular weight is 270 g/mol. The number of carbonyl (C=O) groups excluding carboxylic acids is 2. The van der Waals surface area contributed by atoms with Crippen LogP contribution in [-0.2, 0) is 0 Å². The highest BCUT2D eigenvalue weighted by Crippen LogP contribution is 2.24. The monoisotopic (exact) mass is 270 g/mol. The largest absolute Gasteiger partial charge is 0.455 e. The Kier molecular flexibility index (Phi) is 4.10. The van der Waals surface area contributed by atoms with Gasteiger partial charge < -0.3 is 10.5 Å². The Balaban J connectivity index is 2.23. The Morgan fingerprint density at radius 1 is 1.20 bits per heavy atom. The van der Waals surface area contributed by atoms with E-state index in [1.165, 1.54) is 6.20 Å². The van der Waals surface area contributed by atoms with Crippen molar-refractivity contribution in [2.45, 2.75) is 13.3 Å². The normalized spacial score (nSPS) is 10.1. The van der Waals surface area contributed by atoms with E-state index in [1.807, 2.05) is 0 Å². The number of benzene rings is 1. The molecule has 2 N–H and O–H groups in total. The minimum atomic E-state index is -0.564. The third kappa shape index (κ3) is 3.00. The van der Waals surface area contributed by atoms with Crippen molar-refractivity contribution in [2.75, 3.05) is 0 Å². The van der Waals surface area contributed by atoms with Crippen LogP contribution in [0.2, 0.25) is 0 Å². The summed E-state index contributed by atoms with van der Waals surface area (Å²) in [6.07, 6.45) is 1.85. The number of hydrogen-bond acceptors (Lipinski definition) is 4. The van der Waals surface area contributed by atoms with Crippen molar-refractivity contribution >= 4 is 11.7 Å². The minimum absolute atomic E-state index is 0.0333. The maximum atomic E-state index is 11.5. The first-order valence-electron chi connectivity index (χ1n) is 6.17. The summed E-state index contributed by atoms with van der Waals surface area (Å²) in [6, 6.07) is 9.89. The van der Waals surface area contributed by atoms with Crippen molar-refractivity contribution in [2.24, 2.45) is 5.73 Å². The maximum absolute atomic E-state index is 11.5. The summed E-state index contributed by atoms with van der Waals surface area (Å²) < 4.78 is 5.56. The van der Waals surface area contributed by atoms with Gasteiger partial charge in [-0.05, 0) is 24.3 Å². The molecular formula is C15H14N2O3. The maximum Gasteiger partial charge on any atom is 0.252 e. The third-order valence-electron chi connectivity index (χ3n) is 2.72. The number of ketones is 1. The summed E-state index contributed by atoms with van der Waals surface area (Å²) >= 11 is 0. The van der Waals surface area contributed by atoms with Crippen molar-refractivity contribution in [3.05, 3.63) is 53.9 Å². The lowest BCUT2D eigenvalue weighted by atomic mass is 10.2. The summed E-state index contributed by atoms with van der Waals surface area (Å²) in [7, 11) is 0. The van der Waals surface area contributed by atoms with Gasteiger partial charge in [-0.25, -0.2) is 4.98 Å². The molecule has 0 unspecified atom stereocenters. The molecule has 2 rings (SSSR count). The number of pyridine rings is 1. The highest BCUT2D eigenvalue weighted by atomic mass is 16.5. The lowest BCUT2D eigenvalue weighted by molar-refractivity contribution is 0.0980. The van der Waals surface area contributed by atoms with Crippen LogP contribution in [0.3, 0.4) is 0 Å². The van der Waals surface area contributed by atoms with Gasteiger partial charge in [0.15, 0.2) is 5.78 Å². The summed E-state index contributed by atoms with van der Waals surface area (Å²) in [5, 5.41) is 0. The Bertz CT molecular complexity index is 636. The van der Waals surface area contributed by atoms with Crippen LogP contribution in [0, 0.1) is 0 Å². The van der Waals surface area contributed by atoms with Crippen molar-refractivity contribution in [1.82, 2.24) is 4.98 Å². The van der Waals surface area contributed by atoms with E-state index in [0.717, 1.165) is 0 Å². The zero-order chi connectivity index (χ0) is 14.5. The zero-order valence-electron chi connectivity index (χ0n) is 11.0. The molecule has 20 heavy (non-hydrogen) atoms. The molecule has 1 heterocycles. The number of carbonyl (C=O) groups is 2. The Morgan fingerprint density at radius 2 is 1.95 bits per heavy atom. The fraction of sp³-hybridized carbons (Fsp3) is 0.133. The standard InChI is InChI=1S/C15H14N2O3/c1-2-13(18)12-8-7-10(9-17-12)20-14-6-4-3-5-11(14)15(16)19/h3-9H,2H2,1H3,(H2,16,19). The number of amides is 1. The second-order valence-corrected chi connectivity index (χ2v) is 4.12. The lowest BCUT2D eigenvalue weighted by Crippen LogP contribution is -2.12. The number of ether oxygens (including phenoxy) is 1. The van der Waals surface area contributed by atoms with Crippen LogP contribution >= 0.6 is 0 Å². The number of hydrogen-bond donors (Lipinski definition) is 1. The van der Waals surface area contributed by atoms with Crippen LogP contribution in [0.15, 0.2) is 42.6 Å². The number of para-hydroxylation sites is 1. The van der Waals surface area contributed by atoms with Crippen molar-refractivity contribution in [1.29, 1.82) is 0 Å². The second kappa shape index (κ2) is 5.97. The van der Waals surface area contributed by atoms with Crippen molar-refractivity contribution in [3.8, 4) is 11.5 Å². The highest BCUT2D eigenvalue weighted by Gasteiger charge is 2.10. The molecule has 1 aromatic heterocycles. The molecule has 0 radical (unpaired) electrons. The topological polar surface area (TPSA) is 82.3 Å². The summed E-state index contributed by atoms with van der Waals surface area (Å²) in [4.78, 5) is 26.8. The number of aromatic nitrogens is 1. The molecule has 0 bridgehead atoms. The van der Waals surface area contributed by atoms with Gasteiger partial charge in [-0.1, -0.05) is 19.1 Å². The van der Waals surface area contributed by atoms with E-state index < -0.39 is 5.91 Å². The van der Waals surface area contributed by atoms with E-state index in [9.17, 15) is 9.59 Å². The molecule has 0 saturated heterocycles. The van der Waals surface area contributed by atoms with Crippen LogP contribution in [0.25, 0.3) is 0 Å². The van der Waals surface area contributed by atoms with Gasteiger partial charge in [-0.15, -0.1) is 0 Å². The van der Waals surface area contributed by atoms with Gasteiger partial charge in [0.05, 0.1) is 11.8 Å². The van der Waals surface area contributed by atoms with Gasteiger partial charge in [0.2, 0.25) is 0 Å². The molecule has 0 spiro atoms. The number of rotatable bonds is 5. The molecule has 1 aromatic carbocycles. The Labute approximate surface area is 116 Å². The quantitative estimate of drug-likeness (QED) is 0.846. The smallest absolute Gasteiger partial charge is 0.252 e. The first-order chi connectivity index (χ1) is 9.61. The van der Waals surface area contributed by atoms with E-state index in [0.29, 0.717) is 29.2 Å². The van der Waals surface area contributed by atoms with E-state index in [-0.39, 0.29) is 5.78 Å². The number of Topliss-reactive ketones (excluding diaryl/α,β-unsaturated/α-hetero) is 1. The van der Waals surface area contributed by atoms with Crippen LogP contribution in [0.1, 0.15) is 34.2 Å². The average Bonchev–Trinajstić information content (AvgIpc) is 2.47. The van der Waals surface area contributed by atoms with E-state index in [4.69, 9.17) is 10.5 Å². The number of nitrogens with zero attached hydrogens (tertiary/aromatic N) is 1. The van der Waals surface area contributed by atoms with Crippen LogP contribution < -0.4 is 10.5 Å². The molecule has 102 valence electrons. The second-order valence-electron chi connectivity index (χ2n) is 4.12. The molecule has 0 aliphatic carbocycles.